The third-order valence-electron chi connectivity index (χ3n) is 4.82. The highest BCUT2D eigenvalue weighted by atomic mass is 35.5. The molecule has 3 rings (SSSR count). The molecule has 4 nitrogen and oxygen atoms in total. The quantitative estimate of drug-likeness (QED) is 0.905. The summed E-state index contributed by atoms with van der Waals surface area (Å²) < 4.78 is 0. The van der Waals surface area contributed by atoms with Gasteiger partial charge in [0.2, 0.25) is 5.91 Å². The molecule has 132 valence electrons. The fraction of sp³-hybridized carbons (Fsp3) is 0.350. The summed E-state index contributed by atoms with van der Waals surface area (Å²) in [5.74, 6) is 0.126. The molecule has 0 aromatic heterocycles. The monoisotopic (exact) mass is 357 g/mol. The summed E-state index contributed by atoms with van der Waals surface area (Å²) in [7, 11) is 0. The van der Waals surface area contributed by atoms with Crippen LogP contribution in [-0.4, -0.2) is 43.5 Å². The normalized spacial score (nSPS) is 14.5. The van der Waals surface area contributed by atoms with Gasteiger partial charge in [-0.05, 0) is 49.2 Å². The number of carbonyl (C=O) groups is 1. The van der Waals surface area contributed by atoms with Crippen LogP contribution in [0.1, 0.15) is 11.1 Å². The zero-order valence-electron chi connectivity index (χ0n) is 14.8. The standard InChI is InChI=1S/C20H24ClN3O/c1-15-5-3-8-19(16(15)2)23-9-11-24(12-10-23)20(25)14-22-18-7-4-6-17(21)13-18/h3-8,13,22H,9-12,14H2,1-2H3. The smallest absolute Gasteiger partial charge is 0.241 e. The molecule has 0 aliphatic carbocycles. The van der Waals surface area contributed by atoms with Crippen LogP contribution in [0.3, 0.4) is 0 Å². The van der Waals surface area contributed by atoms with Crippen molar-refractivity contribution < 1.29 is 4.79 Å². The van der Waals surface area contributed by atoms with Crippen LogP contribution in [0.5, 0.6) is 0 Å². The maximum Gasteiger partial charge on any atom is 0.241 e. The molecule has 0 spiro atoms. The molecular formula is C20H24ClN3O. The summed E-state index contributed by atoms with van der Waals surface area (Å²) in [6, 6.07) is 13.8. The first-order valence-corrected chi connectivity index (χ1v) is 9.01. The van der Waals surface area contributed by atoms with E-state index in [0.717, 1.165) is 31.9 Å². The lowest BCUT2D eigenvalue weighted by atomic mass is 10.1. The van der Waals surface area contributed by atoms with Gasteiger partial charge in [-0.1, -0.05) is 29.8 Å². The first-order chi connectivity index (χ1) is 12.0. The maximum absolute atomic E-state index is 12.4. The summed E-state index contributed by atoms with van der Waals surface area (Å²) in [4.78, 5) is 16.7. The third kappa shape index (κ3) is 4.26. The average molecular weight is 358 g/mol. The zero-order valence-corrected chi connectivity index (χ0v) is 15.5. The van der Waals surface area contributed by atoms with E-state index >= 15 is 0 Å². The maximum atomic E-state index is 12.4. The second-order valence-corrected chi connectivity index (χ2v) is 6.89. The van der Waals surface area contributed by atoms with Gasteiger partial charge in [-0.15, -0.1) is 0 Å². The lowest BCUT2D eigenvalue weighted by Crippen LogP contribution is -2.50. The first-order valence-electron chi connectivity index (χ1n) is 8.63. The Morgan fingerprint density at radius 3 is 2.52 bits per heavy atom. The zero-order chi connectivity index (χ0) is 17.8. The third-order valence-corrected chi connectivity index (χ3v) is 5.05. The lowest BCUT2D eigenvalue weighted by Gasteiger charge is -2.37. The molecular weight excluding hydrogens is 334 g/mol. The molecule has 1 aliphatic rings. The van der Waals surface area contributed by atoms with Gasteiger partial charge in [-0.3, -0.25) is 4.79 Å². The Morgan fingerprint density at radius 2 is 1.80 bits per heavy atom. The molecule has 1 aliphatic heterocycles. The molecule has 2 aromatic rings. The van der Waals surface area contributed by atoms with Crippen LogP contribution < -0.4 is 10.2 Å². The number of piperazine rings is 1. The van der Waals surface area contributed by atoms with Gasteiger partial charge in [0.05, 0.1) is 6.54 Å². The van der Waals surface area contributed by atoms with Crippen LogP contribution >= 0.6 is 11.6 Å². The van der Waals surface area contributed by atoms with E-state index in [2.05, 4.69) is 42.3 Å². The van der Waals surface area contributed by atoms with Crippen LogP contribution in [0.25, 0.3) is 0 Å². The topological polar surface area (TPSA) is 35.6 Å². The van der Waals surface area contributed by atoms with E-state index in [9.17, 15) is 4.79 Å². The number of benzene rings is 2. The van der Waals surface area contributed by atoms with Gasteiger partial charge < -0.3 is 15.1 Å². The average Bonchev–Trinajstić information content (AvgIpc) is 2.62. The van der Waals surface area contributed by atoms with E-state index in [4.69, 9.17) is 11.6 Å². The van der Waals surface area contributed by atoms with Crippen molar-refractivity contribution in [1.82, 2.24) is 4.90 Å². The molecule has 5 heteroatoms. The van der Waals surface area contributed by atoms with E-state index in [-0.39, 0.29) is 5.91 Å². The van der Waals surface area contributed by atoms with Crippen molar-refractivity contribution in [3.05, 3.63) is 58.6 Å². The minimum atomic E-state index is 0.126. The second kappa shape index (κ2) is 7.79. The van der Waals surface area contributed by atoms with E-state index in [1.807, 2.05) is 29.2 Å². The fourth-order valence-corrected chi connectivity index (χ4v) is 3.35. The predicted octanol–water partition coefficient (Wildman–Crippen LogP) is 3.72. The van der Waals surface area contributed by atoms with Gasteiger partial charge in [0.25, 0.3) is 0 Å². The molecule has 0 radical (unpaired) electrons. The molecule has 1 fully saturated rings. The molecule has 1 amide bonds. The van der Waals surface area contributed by atoms with Crippen LogP contribution in [-0.2, 0) is 4.79 Å². The Balaban J connectivity index is 1.53. The number of hydrogen-bond donors (Lipinski definition) is 1. The lowest BCUT2D eigenvalue weighted by molar-refractivity contribution is -0.129. The van der Waals surface area contributed by atoms with Gasteiger partial charge >= 0.3 is 0 Å². The number of hydrogen-bond acceptors (Lipinski definition) is 3. The predicted molar refractivity (Wildman–Crippen MR) is 105 cm³/mol. The van der Waals surface area contributed by atoms with Crippen molar-refractivity contribution >= 4 is 28.9 Å². The van der Waals surface area contributed by atoms with Crippen molar-refractivity contribution in [3.63, 3.8) is 0 Å². The number of rotatable bonds is 4. The van der Waals surface area contributed by atoms with Crippen molar-refractivity contribution in [2.75, 3.05) is 42.9 Å². The SMILES string of the molecule is Cc1cccc(N2CCN(C(=O)CNc3cccc(Cl)c3)CC2)c1C. The summed E-state index contributed by atoms with van der Waals surface area (Å²) in [6.07, 6.45) is 0. The highest BCUT2D eigenvalue weighted by molar-refractivity contribution is 6.30. The minimum absolute atomic E-state index is 0.126. The fourth-order valence-electron chi connectivity index (χ4n) is 3.16. The molecule has 1 saturated heterocycles. The molecule has 1 heterocycles. The van der Waals surface area contributed by atoms with Gasteiger partial charge in [0.15, 0.2) is 0 Å². The van der Waals surface area contributed by atoms with Crippen LogP contribution in [0.4, 0.5) is 11.4 Å². The molecule has 0 atom stereocenters. The Bertz CT molecular complexity index is 754. The molecule has 0 bridgehead atoms. The first kappa shape index (κ1) is 17.6. The molecule has 0 unspecified atom stereocenters. The highest BCUT2D eigenvalue weighted by Gasteiger charge is 2.22. The van der Waals surface area contributed by atoms with Crippen LogP contribution in [0, 0.1) is 13.8 Å². The highest BCUT2D eigenvalue weighted by Crippen LogP contribution is 2.24. The van der Waals surface area contributed by atoms with E-state index in [0.29, 0.717) is 11.6 Å². The van der Waals surface area contributed by atoms with Crippen LogP contribution in [0.15, 0.2) is 42.5 Å². The van der Waals surface area contributed by atoms with Crippen molar-refractivity contribution in [1.29, 1.82) is 0 Å². The molecule has 2 aromatic carbocycles. The Morgan fingerprint density at radius 1 is 1.08 bits per heavy atom. The van der Waals surface area contributed by atoms with Gasteiger partial charge in [-0.25, -0.2) is 0 Å². The molecule has 0 saturated carbocycles. The summed E-state index contributed by atoms with van der Waals surface area (Å²) >= 11 is 5.97. The van der Waals surface area contributed by atoms with E-state index in [1.54, 1.807) is 0 Å². The Hall–Kier alpha value is -2.20. The van der Waals surface area contributed by atoms with E-state index in [1.165, 1.54) is 16.8 Å². The van der Waals surface area contributed by atoms with Gasteiger partial charge in [0.1, 0.15) is 0 Å². The summed E-state index contributed by atoms with van der Waals surface area (Å²) in [5, 5.41) is 3.82. The number of halogens is 1. The number of nitrogens with one attached hydrogen (secondary N) is 1. The Kier molecular flexibility index (Phi) is 5.49. The number of amides is 1. The minimum Gasteiger partial charge on any atom is -0.376 e. The van der Waals surface area contributed by atoms with Gasteiger partial charge in [0, 0.05) is 42.6 Å². The number of nitrogens with zero attached hydrogens (tertiary/aromatic N) is 2. The summed E-state index contributed by atoms with van der Waals surface area (Å²) in [6.45, 7) is 7.84. The van der Waals surface area contributed by atoms with Crippen molar-refractivity contribution in [2.45, 2.75) is 13.8 Å². The number of aryl methyl sites for hydroxylation is 1. The molecule has 25 heavy (non-hydrogen) atoms. The number of anilines is 2. The second-order valence-electron chi connectivity index (χ2n) is 6.45. The summed E-state index contributed by atoms with van der Waals surface area (Å²) in [5.41, 5.74) is 4.78. The largest absolute Gasteiger partial charge is 0.376 e. The molecule has 1 N–H and O–H groups in total. The van der Waals surface area contributed by atoms with E-state index < -0.39 is 0 Å². The van der Waals surface area contributed by atoms with Crippen molar-refractivity contribution in [3.8, 4) is 0 Å². The van der Waals surface area contributed by atoms with Gasteiger partial charge in [-0.2, -0.15) is 0 Å². The van der Waals surface area contributed by atoms with Crippen LogP contribution in [0.2, 0.25) is 5.02 Å². The Labute approximate surface area is 154 Å². The number of carbonyl (C=O) groups excluding carboxylic acids is 1. The van der Waals surface area contributed by atoms with Crippen molar-refractivity contribution in [2.24, 2.45) is 0 Å².